The van der Waals surface area contributed by atoms with Gasteiger partial charge in [0.1, 0.15) is 0 Å². The van der Waals surface area contributed by atoms with Gasteiger partial charge in [-0.15, -0.1) is 0 Å². The van der Waals surface area contributed by atoms with Crippen molar-refractivity contribution in [2.24, 2.45) is 11.7 Å². The van der Waals surface area contributed by atoms with Crippen molar-refractivity contribution in [2.75, 3.05) is 39.5 Å². The molecule has 4 rings (SSSR count). The Hall–Kier alpha value is -3.41. The molecule has 2 aromatic rings. The highest BCUT2D eigenvalue weighted by molar-refractivity contribution is 5.79. The summed E-state index contributed by atoms with van der Waals surface area (Å²) in [7, 11) is 0. The van der Waals surface area contributed by atoms with Gasteiger partial charge in [0.05, 0.1) is 19.1 Å². The second-order valence-electron chi connectivity index (χ2n) is 10.8. The summed E-state index contributed by atoms with van der Waals surface area (Å²) in [4.78, 5) is 42.7. The molecule has 0 bridgehead atoms. The minimum Gasteiger partial charge on any atom is -0.481 e. The Labute approximate surface area is 240 Å². The van der Waals surface area contributed by atoms with Crippen molar-refractivity contribution in [1.29, 1.82) is 0 Å². The number of aliphatic hydroxyl groups excluding tert-OH is 1. The first-order chi connectivity index (χ1) is 19.9. The number of hydrogen-bond acceptors (Lipinski definition) is 8. The fraction of sp³-hybridized carbons (Fsp3) is 0.567. The monoisotopic (exact) mass is 570 g/mol. The first-order valence-corrected chi connectivity index (χ1v) is 14.5. The van der Waals surface area contributed by atoms with Crippen LogP contribution in [0.3, 0.4) is 0 Å². The molecular formula is C30H42N4O7. The zero-order valence-electron chi connectivity index (χ0n) is 23.7. The van der Waals surface area contributed by atoms with E-state index in [-0.39, 0.29) is 31.4 Å². The lowest BCUT2D eigenvalue weighted by atomic mass is 9.83. The third kappa shape index (κ3) is 7.27. The molecule has 0 saturated carbocycles. The standard InChI is InChI=1S/C30H42N4O7/c1-2-3-11-32(13-7-5-10-31)27(37)18-34-17-23(21-15-22(19-35)29-25(16-21)40-20-41-29)28(30(38)39)24(34)9-14-33-12-6-4-8-26(33)36/h4,6,8,12,15-16,23-24,28,35H,2-3,5,7,9-11,13-14,17-20,31H2,1H3,(H,38,39)/t23-,24+,28-/m1/s1. The van der Waals surface area contributed by atoms with E-state index < -0.39 is 23.8 Å². The van der Waals surface area contributed by atoms with Gasteiger partial charge in [0.15, 0.2) is 11.5 Å². The van der Waals surface area contributed by atoms with Crippen LogP contribution in [0, 0.1) is 5.92 Å². The van der Waals surface area contributed by atoms with Crippen LogP contribution in [0.5, 0.6) is 11.5 Å². The van der Waals surface area contributed by atoms with Crippen LogP contribution in [-0.4, -0.2) is 82.0 Å². The average molecular weight is 571 g/mol. The lowest BCUT2D eigenvalue weighted by molar-refractivity contribution is -0.144. The number of nitrogens with zero attached hydrogens (tertiary/aromatic N) is 3. The van der Waals surface area contributed by atoms with Crippen LogP contribution in [0.1, 0.15) is 56.1 Å². The molecule has 1 amide bonds. The highest BCUT2D eigenvalue weighted by Gasteiger charge is 2.47. The van der Waals surface area contributed by atoms with E-state index in [0.717, 1.165) is 25.7 Å². The number of carboxylic acids is 1. The Kier molecular flexibility index (Phi) is 10.8. The molecule has 224 valence electrons. The highest BCUT2D eigenvalue weighted by Crippen LogP contribution is 2.44. The van der Waals surface area contributed by atoms with Crippen molar-refractivity contribution in [3.05, 3.63) is 58.0 Å². The number of carboxylic acid groups (broad SMARTS) is 1. The number of aryl methyl sites for hydroxylation is 1. The van der Waals surface area contributed by atoms with Crippen molar-refractivity contribution >= 4 is 11.9 Å². The fourth-order valence-electron chi connectivity index (χ4n) is 5.98. The third-order valence-electron chi connectivity index (χ3n) is 8.12. The van der Waals surface area contributed by atoms with Crippen molar-refractivity contribution in [1.82, 2.24) is 14.4 Å². The van der Waals surface area contributed by atoms with E-state index in [9.17, 15) is 24.6 Å². The number of unbranched alkanes of at least 4 members (excludes halogenated alkanes) is 2. The minimum absolute atomic E-state index is 0.0334. The van der Waals surface area contributed by atoms with Gasteiger partial charge in [-0.25, -0.2) is 0 Å². The Morgan fingerprint density at radius 2 is 1.95 bits per heavy atom. The van der Waals surface area contributed by atoms with E-state index in [0.29, 0.717) is 61.8 Å². The van der Waals surface area contributed by atoms with Crippen LogP contribution in [-0.2, 0) is 22.7 Å². The van der Waals surface area contributed by atoms with Gasteiger partial charge in [-0.05, 0) is 56.0 Å². The molecule has 1 saturated heterocycles. The first-order valence-electron chi connectivity index (χ1n) is 14.5. The van der Waals surface area contributed by atoms with Gasteiger partial charge in [-0.3, -0.25) is 19.3 Å². The fourth-order valence-corrected chi connectivity index (χ4v) is 5.98. The van der Waals surface area contributed by atoms with Gasteiger partial charge in [0.25, 0.3) is 0 Å². The van der Waals surface area contributed by atoms with Crippen LogP contribution < -0.4 is 20.8 Å². The number of benzene rings is 1. The molecule has 4 N–H and O–H groups in total. The molecular weight excluding hydrogens is 528 g/mol. The summed E-state index contributed by atoms with van der Waals surface area (Å²) in [5, 5.41) is 20.5. The second kappa shape index (κ2) is 14.5. The Morgan fingerprint density at radius 1 is 1.15 bits per heavy atom. The van der Waals surface area contributed by atoms with Gasteiger partial charge >= 0.3 is 5.97 Å². The van der Waals surface area contributed by atoms with E-state index in [1.807, 2.05) is 9.80 Å². The van der Waals surface area contributed by atoms with Crippen molar-refractivity contribution in [3.63, 3.8) is 0 Å². The number of amides is 1. The number of rotatable bonds is 15. The SMILES string of the molecule is CCCCN(CCCCN)C(=O)CN1C[C@H](c2cc(CO)c3c(c2)OCO3)[C@@H](C(=O)O)[C@@H]1CCn1ccccc1=O. The van der Waals surface area contributed by atoms with Crippen LogP contribution in [0.15, 0.2) is 41.3 Å². The number of aliphatic carboxylic acids is 1. The molecule has 11 heteroatoms. The molecule has 1 aromatic carbocycles. The average Bonchev–Trinajstić information content (AvgIpc) is 3.58. The number of likely N-dealkylation sites (tertiary alicyclic amines) is 1. The number of fused-ring (bicyclic) bond motifs is 1. The summed E-state index contributed by atoms with van der Waals surface area (Å²) >= 11 is 0. The first kappa shape index (κ1) is 30.5. The molecule has 41 heavy (non-hydrogen) atoms. The molecule has 11 nitrogen and oxygen atoms in total. The smallest absolute Gasteiger partial charge is 0.308 e. The lowest BCUT2D eigenvalue weighted by Gasteiger charge is -2.30. The van der Waals surface area contributed by atoms with E-state index in [4.69, 9.17) is 15.2 Å². The molecule has 1 aromatic heterocycles. The largest absolute Gasteiger partial charge is 0.481 e. The van der Waals surface area contributed by atoms with Crippen LogP contribution >= 0.6 is 0 Å². The number of ether oxygens (including phenoxy) is 2. The van der Waals surface area contributed by atoms with Gasteiger partial charge in [0.2, 0.25) is 18.3 Å². The van der Waals surface area contributed by atoms with E-state index in [1.165, 1.54) is 6.07 Å². The number of pyridine rings is 1. The number of nitrogens with two attached hydrogens (primary N) is 1. The molecule has 0 aliphatic carbocycles. The zero-order valence-corrected chi connectivity index (χ0v) is 23.7. The molecule has 0 radical (unpaired) electrons. The summed E-state index contributed by atoms with van der Waals surface area (Å²) < 4.78 is 12.7. The second-order valence-corrected chi connectivity index (χ2v) is 10.8. The predicted molar refractivity (Wildman–Crippen MR) is 153 cm³/mol. The Balaban J connectivity index is 1.64. The van der Waals surface area contributed by atoms with Crippen LogP contribution in [0.2, 0.25) is 0 Å². The van der Waals surface area contributed by atoms with Gasteiger partial charge in [-0.1, -0.05) is 19.4 Å². The maximum atomic E-state index is 13.6. The number of hydrogen-bond donors (Lipinski definition) is 3. The number of carbonyl (C=O) groups is 2. The van der Waals surface area contributed by atoms with E-state index in [1.54, 1.807) is 35.0 Å². The predicted octanol–water partition coefficient (Wildman–Crippen LogP) is 2.00. The maximum Gasteiger partial charge on any atom is 0.308 e. The molecule has 1 fully saturated rings. The highest BCUT2D eigenvalue weighted by atomic mass is 16.7. The van der Waals surface area contributed by atoms with Gasteiger partial charge in [0, 0.05) is 56.0 Å². The molecule has 3 heterocycles. The molecule has 0 spiro atoms. The maximum absolute atomic E-state index is 13.6. The zero-order chi connectivity index (χ0) is 29.4. The summed E-state index contributed by atoms with van der Waals surface area (Å²) in [6, 6.07) is 7.98. The molecule has 2 aliphatic heterocycles. The minimum atomic E-state index is -0.968. The number of aromatic nitrogens is 1. The summed E-state index contributed by atoms with van der Waals surface area (Å²) in [6.45, 7) is 4.41. The normalized spacial score (nSPS) is 19.9. The van der Waals surface area contributed by atoms with Crippen LogP contribution in [0.4, 0.5) is 0 Å². The molecule has 0 unspecified atom stereocenters. The topological polar surface area (TPSA) is 148 Å². The van der Waals surface area contributed by atoms with Crippen molar-refractivity contribution in [3.8, 4) is 11.5 Å². The number of carbonyl (C=O) groups excluding carboxylic acids is 1. The van der Waals surface area contributed by atoms with Gasteiger partial charge in [-0.2, -0.15) is 0 Å². The quantitative estimate of drug-likeness (QED) is 0.274. The lowest BCUT2D eigenvalue weighted by Crippen LogP contribution is -2.45. The molecule has 2 aliphatic rings. The Bertz CT molecular complexity index is 1250. The van der Waals surface area contributed by atoms with E-state index >= 15 is 0 Å². The third-order valence-corrected chi connectivity index (χ3v) is 8.12. The van der Waals surface area contributed by atoms with Crippen molar-refractivity contribution < 1.29 is 29.3 Å². The summed E-state index contributed by atoms with van der Waals surface area (Å²) in [5.74, 6) is -1.36. The number of aliphatic hydroxyl groups is 1. The Morgan fingerprint density at radius 3 is 2.66 bits per heavy atom. The summed E-state index contributed by atoms with van der Waals surface area (Å²) in [5.41, 5.74) is 6.77. The summed E-state index contributed by atoms with van der Waals surface area (Å²) in [6.07, 6.45) is 5.55. The van der Waals surface area contributed by atoms with Crippen LogP contribution in [0.25, 0.3) is 0 Å². The van der Waals surface area contributed by atoms with Gasteiger partial charge < -0.3 is 34.9 Å². The molecule has 3 atom stereocenters. The van der Waals surface area contributed by atoms with Crippen molar-refractivity contribution in [2.45, 2.75) is 64.1 Å². The van der Waals surface area contributed by atoms with E-state index in [2.05, 4.69) is 6.92 Å².